The molecule has 0 fully saturated rings. The van der Waals surface area contributed by atoms with E-state index in [2.05, 4.69) is 31.4 Å². The van der Waals surface area contributed by atoms with Gasteiger partial charge in [0, 0.05) is 23.0 Å². The minimum Gasteiger partial charge on any atom is -0.408 e. The maximum Gasteiger partial charge on any atom is 0.315 e. The summed E-state index contributed by atoms with van der Waals surface area (Å²) in [5.41, 5.74) is 1.03. The van der Waals surface area contributed by atoms with Crippen molar-refractivity contribution in [1.82, 2.24) is 10.2 Å². The van der Waals surface area contributed by atoms with Crippen LogP contribution in [0, 0.1) is 6.92 Å². The van der Waals surface area contributed by atoms with Crippen LogP contribution in [-0.4, -0.2) is 10.2 Å². The molecule has 1 aromatic heterocycles. The zero-order chi connectivity index (χ0) is 11.5. The van der Waals surface area contributed by atoms with Gasteiger partial charge in [-0.3, -0.25) is 0 Å². The molecule has 4 nitrogen and oxygen atoms in total. The highest BCUT2D eigenvalue weighted by Crippen LogP contribution is 2.21. The molecule has 1 N–H and O–H groups in total. The maximum atomic E-state index is 5.90. The third-order valence-electron chi connectivity index (χ3n) is 1.96. The van der Waals surface area contributed by atoms with Gasteiger partial charge in [-0.2, -0.15) is 0 Å². The summed E-state index contributed by atoms with van der Waals surface area (Å²) in [6.07, 6.45) is 0. The number of nitrogens with one attached hydrogen (secondary N) is 1. The predicted molar refractivity (Wildman–Crippen MR) is 65.5 cm³/mol. The van der Waals surface area contributed by atoms with E-state index in [4.69, 9.17) is 16.0 Å². The van der Waals surface area contributed by atoms with Gasteiger partial charge in [0.1, 0.15) is 0 Å². The summed E-state index contributed by atoms with van der Waals surface area (Å²) < 4.78 is 6.18. The number of hydrogen-bond acceptors (Lipinski definition) is 4. The second kappa shape index (κ2) is 4.84. The molecule has 0 radical (unpaired) electrons. The zero-order valence-corrected chi connectivity index (χ0v) is 10.8. The molecule has 0 saturated heterocycles. The molecule has 2 aromatic rings. The minimum absolute atomic E-state index is 0.407. The quantitative estimate of drug-likeness (QED) is 0.944. The Bertz CT molecular complexity index is 501. The van der Waals surface area contributed by atoms with Gasteiger partial charge in [0.15, 0.2) is 0 Å². The molecular formula is C10H9BrClN3O. The van der Waals surface area contributed by atoms with Crippen molar-refractivity contribution in [3.05, 3.63) is 39.1 Å². The standard InChI is InChI=1S/C10H9BrClN3O/c1-6-14-15-10(16-6)13-5-7-4-8(12)2-3-9(7)11/h2-4H,5H2,1H3,(H,13,15). The lowest BCUT2D eigenvalue weighted by Crippen LogP contribution is -2.00. The third kappa shape index (κ3) is 2.74. The Hall–Kier alpha value is -1.07. The van der Waals surface area contributed by atoms with Crippen molar-refractivity contribution >= 4 is 33.5 Å². The third-order valence-corrected chi connectivity index (χ3v) is 2.97. The summed E-state index contributed by atoms with van der Waals surface area (Å²) in [6, 6.07) is 6.01. The van der Waals surface area contributed by atoms with E-state index in [0.29, 0.717) is 23.5 Å². The van der Waals surface area contributed by atoms with Crippen LogP contribution in [0.5, 0.6) is 0 Å². The summed E-state index contributed by atoms with van der Waals surface area (Å²) in [5.74, 6) is 0.535. The molecule has 1 aromatic carbocycles. The van der Waals surface area contributed by atoms with Crippen LogP contribution in [0.4, 0.5) is 6.01 Å². The van der Waals surface area contributed by atoms with Crippen LogP contribution >= 0.6 is 27.5 Å². The van der Waals surface area contributed by atoms with Crippen LogP contribution in [0.2, 0.25) is 5.02 Å². The molecule has 0 bridgehead atoms. The molecule has 0 amide bonds. The highest BCUT2D eigenvalue weighted by atomic mass is 79.9. The van der Waals surface area contributed by atoms with Crippen molar-refractivity contribution < 1.29 is 4.42 Å². The van der Waals surface area contributed by atoms with E-state index in [1.165, 1.54) is 0 Å². The van der Waals surface area contributed by atoms with Gasteiger partial charge >= 0.3 is 6.01 Å². The van der Waals surface area contributed by atoms with Gasteiger partial charge in [-0.15, -0.1) is 5.10 Å². The molecule has 0 atom stereocenters. The molecule has 2 rings (SSSR count). The Kier molecular flexibility index (Phi) is 3.46. The van der Waals surface area contributed by atoms with E-state index in [1.807, 2.05) is 18.2 Å². The van der Waals surface area contributed by atoms with Gasteiger partial charge in [-0.05, 0) is 23.8 Å². The van der Waals surface area contributed by atoms with Crippen molar-refractivity contribution in [3.63, 3.8) is 0 Å². The summed E-state index contributed by atoms with van der Waals surface area (Å²) in [7, 11) is 0. The van der Waals surface area contributed by atoms with E-state index in [-0.39, 0.29) is 0 Å². The predicted octanol–water partition coefficient (Wildman–Crippen LogP) is 3.41. The number of benzene rings is 1. The molecule has 6 heteroatoms. The van der Waals surface area contributed by atoms with Gasteiger partial charge in [0.05, 0.1) is 0 Å². The van der Waals surface area contributed by atoms with Gasteiger partial charge in [-0.1, -0.05) is 32.6 Å². The fourth-order valence-electron chi connectivity index (χ4n) is 1.22. The van der Waals surface area contributed by atoms with Gasteiger partial charge in [0.25, 0.3) is 0 Å². The van der Waals surface area contributed by atoms with Crippen LogP contribution in [0.1, 0.15) is 11.5 Å². The van der Waals surface area contributed by atoms with E-state index >= 15 is 0 Å². The fourth-order valence-corrected chi connectivity index (χ4v) is 1.80. The SMILES string of the molecule is Cc1nnc(NCc2cc(Cl)ccc2Br)o1. The molecule has 0 aliphatic rings. The summed E-state index contributed by atoms with van der Waals surface area (Å²) in [5, 5.41) is 11.3. The molecule has 0 aliphatic carbocycles. The van der Waals surface area contributed by atoms with Crippen LogP contribution in [0.25, 0.3) is 0 Å². The van der Waals surface area contributed by atoms with Crippen molar-refractivity contribution in [2.45, 2.75) is 13.5 Å². The van der Waals surface area contributed by atoms with Gasteiger partial charge < -0.3 is 9.73 Å². The van der Waals surface area contributed by atoms with Crippen molar-refractivity contribution in [2.24, 2.45) is 0 Å². The monoisotopic (exact) mass is 301 g/mol. The van der Waals surface area contributed by atoms with E-state index in [1.54, 1.807) is 6.92 Å². The minimum atomic E-state index is 0.407. The van der Waals surface area contributed by atoms with Crippen molar-refractivity contribution in [1.29, 1.82) is 0 Å². The second-order valence-corrected chi connectivity index (χ2v) is 4.51. The number of rotatable bonds is 3. The normalized spacial score (nSPS) is 10.4. The molecule has 0 aliphatic heterocycles. The van der Waals surface area contributed by atoms with Crippen molar-refractivity contribution in [3.8, 4) is 0 Å². The van der Waals surface area contributed by atoms with Crippen LogP contribution in [-0.2, 0) is 6.54 Å². The van der Waals surface area contributed by atoms with E-state index < -0.39 is 0 Å². The second-order valence-electron chi connectivity index (χ2n) is 3.22. The lowest BCUT2D eigenvalue weighted by molar-refractivity contribution is 0.530. The van der Waals surface area contributed by atoms with Crippen molar-refractivity contribution in [2.75, 3.05) is 5.32 Å². The molecule has 0 saturated carbocycles. The first kappa shape index (κ1) is 11.4. The largest absolute Gasteiger partial charge is 0.408 e. The Morgan fingerprint density at radius 1 is 1.44 bits per heavy atom. The number of nitrogens with zero attached hydrogens (tertiary/aromatic N) is 2. The summed E-state index contributed by atoms with van der Waals surface area (Å²) in [6.45, 7) is 2.32. The number of halogens is 2. The average Bonchev–Trinajstić information content (AvgIpc) is 2.66. The first-order valence-electron chi connectivity index (χ1n) is 4.63. The molecule has 84 valence electrons. The van der Waals surface area contributed by atoms with Crippen LogP contribution in [0.15, 0.2) is 27.1 Å². The number of aryl methyl sites for hydroxylation is 1. The lowest BCUT2D eigenvalue weighted by Gasteiger charge is -2.04. The molecular weight excluding hydrogens is 293 g/mol. The fraction of sp³-hybridized carbons (Fsp3) is 0.200. The van der Waals surface area contributed by atoms with Gasteiger partial charge in [0.2, 0.25) is 5.89 Å². The Balaban J connectivity index is 2.07. The van der Waals surface area contributed by atoms with E-state index in [0.717, 1.165) is 10.0 Å². The Labute approximate surface area is 106 Å². The zero-order valence-electron chi connectivity index (χ0n) is 8.50. The Morgan fingerprint density at radius 3 is 2.94 bits per heavy atom. The topological polar surface area (TPSA) is 51.0 Å². The lowest BCUT2D eigenvalue weighted by atomic mass is 10.2. The molecule has 16 heavy (non-hydrogen) atoms. The summed E-state index contributed by atoms with van der Waals surface area (Å²) >= 11 is 9.35. The highest BCUT2D eigenvalue weighted by molar-refractivity contribution is 9.10. The average molecular weight is 303 g/mol. The number of anilines is 1. The van der Waals surface area contributed by atoms with Crippen LogP contribution < -0.4 is 5.32 Å². The maximum absolute atomic E-state index is 5.90. The molecule has 0 unspecified atom stereocenters. The smallest absolute Gasteiger partial charge is 0.315 e. The molecule has 0 spiro atoms. The van der Waals surface area contributed by atoms with Crippen LogP contribution in [0.3, 0.4) is 0 Å². The first-order chi connectivity index (χ1) is 7.65. The van der Waals surface area contributed by atoms with Gasteiger partial charge in [-0.25, -0.2) is 0 Å². The highest BCUT2D eigenvalue weighted by Gasteiger charge is 2.04. The Morgan fingerprint density at radius 2 is 2.25 bits per heavy atom. The number of hydrogen-bond donors (Lipinski definition) is 1. The first-order valence-corrected chi connectivity index (χ1v) is 5.80. The number of aromatic nitrogens is 2. The molecule has 1 heterocycles. The summed E-state index contributed by atoms with van der Waals surface area (Å²) in [4.78, 5) is 0. The van der Waals surface area contributed by atoms with E-state index in [9.17, 15) is 0 Å².